The van der Waals surface area contributed by atoms with Gasteiger partial charge in [-0.1, -0.05) is 32.8 Å². The Morgan fingerprint density at radius 1 is 1.11 bits per heavy atom. The van der Waals surface area contributed by atoms with Crippen molar-refractivity contribution in [2.75, 3.05) is 38.1 Å². The standard InChI is InChI=1S/C42H54FN11O3/c1-26-31-20-29(43)14-15-30(31)41(56)52(4)23-34-37(28-19-35(57-26)39(47)49-22-28)33(21-44)51-54(34)18-8-6-5-7-17-53-24-36(42(2,3)25-53)50-40(55)32(45)13-9-11-27-12-10-16-48-38(27)46/h10,12,14-16,19-20,22,26,32,36H,5-9,11,13,17-18,23-25,45H2,1-4H3,(H2,46,48)(H2,47,49)(H,50,55)/t26-,32+,36+/m1/s1. The van der Waals surface area contributed by atoms with Gasteiger partial charge in [-0.15, -0.1) is 0 Å². The van der Waals surface area contributed by atoms with Crippen LogP contribution in [-0.4, -0.2) is 80.1 Å². The van der Waals surface area contributed by atoms with Crippen LogP contribution in [0.15, 0.2) is 48.8 Å². The van der Waals surface area contributed by atoms with Gasteiger partial charge in [0, 0.05) is 67.4 Å². The number of nitrogens with two attached hydrogens (primary N) is 3. The molecule has 1 saturated heterocycles. The van der Waals surface area contributed by atoms with Gasteiger partial charge in [-0.25, -0.2) is 14.4 Å². The second-order valence-electron chi connectivity index (χ2n) is 16.0. The minimum Gasteiger partial charge on any atom is -0.482 e. The first-order valence-corrected chi connectivity index (χ1v) is 19.7. The maximum absolute atomic E-state index is 14.4. The number of hydrogen-bond donors (Lipinski definition) is 4. The number of carbonyl (C=O) groups excluding carboxylic acids is 2. The highest BCUT2D eigenvalue weighted by molar-refractivity contribution is 5.96. The van der Waals surface area contributed by atoms with Crippen LogP contribution in [0.2, 0.25) is 0 Å². The SMILES string of the molecule is C[C@H]1Oc2cc(cnc2N)-c2c(C#N)nn(CCCCCCN3C[C@H](NC(=O)[C@@H](N)CCCc4cccnc4N)C(C)(C)C3)c2CN(C)C(=O)c2ccc(F)cc21. The van der Waals surface area contributed by atoms with Gasteiger partial charge in [-0.3, -0.25) is 14.3 Å². The molecule has 3 aromatic heterocycles. The number of hydrogen-bond acceptors (Lipinski definition) is 11. The van der Waals surface area contributed by atoms with Crippen molar-refractivity contribution in [1.29, 1.82) is 5.26 Å². The lowest BCUT2D eigenvalue weighted by molar-refractivity contribution is -0.123. The van der Waals surface area contributed by atoms with Crippen LogP contribution in [0.3, 0.4) is 0 Å². The fourth-order valence-electron chi connectivity index (χ4n) is 7.93. The van der Waals surface area contributed by atoms with Crippen molar-refractivity contribution >= 4 is 23.5 Å². The molecule has 5 heterocycles. The van der Waals surface area contributed by atoms with Gasteiger partial charge in [0.2, 0.25) is 5.91 Å². The Kier molecular flexibility index (Phi) is 12.7. The lowest BCUT2D eigenvalue weighted by Gasteiger charge is -2.27. The third-order valence-electron chi connectivity index (χ3n) is 11.2. The first-order chi connectivity index (χ1) is 27.2. The summed E-state index contributed by atoms with van der Waals surface area (Å²) >= 11 is 0. The largest absolute Gasteiger partial charge is 0.482 e. The molecule has 1 aromatic carbocycles. The van der Waals surface area contributed by atoms with Gasteiger partial charge in [0.25, 0.3) is 5.91 Å². The Morgan fingerprint density at radius 3 is 2.63 bits per heavy atom. The summed E-state index contributed by atoms with van der Waals surface area (Å²) in [6, 6.07) is 11.2. The number of nitrogens with one attached hydrogen (secondary N) is 1. The third-order valence-corrected chi connectivity index (χ3v) is 11.2. The van der Waals surface area contributed by atoms with Gasteiger partial charge in [0.1, 0.15) is 23.8 Å². The number of halogens is 1. The fraction of sp³-hybridized carbons (Fsp3) is 0.476. The van der Waals surface area contributed by atoms with E-state index in [0.717, 1.165) is 63.7 Å². The third kappa shape index (κ3) is 9.52. The number of nitriles is 1. The molecule has 0 radical (unpaired) electrons. The molecule has 2 bridgehead atoms. The smallest absolute Gasteiger partial charge is 0.254 e. The van der Waals surface area contributed by atoms with Crippen LogP contribution in [-0.2, 0) is 24.3 Å². The second kappa shape index (κ2) is 17.7. The van der Waals surface area contributed by atoms with Crippen molar-refractivity contribution in [2.45, 2.75) is 97.0 Å². The Labute approximate surface area is 333 Å². The van der Waals surface area contributed by atoms with E-state index in [1.165, 1.54) is 18.2 Å². The molecule has 302 valence electrons. The molecule has 6 rings (SSSR count). The van der Waals surface area contributed by atoms with E-state index >= 15 is 0 Å². The molecular formula is C42H54FN11O3. The number of nitrogens with zero attached hydrogens (tertiary/aromatic N) is 7. The molecule has 14 nitrogen and oxygen atoms in total. The van der Waals surface area contributed by atoms with Crippen LogP contribution in [0.4, 0.5) is 16.0 Å². The minimum atomic E-state index is -0.715. The fourth-order valence-corrected chi connectivity index (χ4v) is 7.93. The predicted octanol–water partition coefficient (Wildman–Crippen LogP) is 4.98. The van der Waals surface area contributed by atoms with Gasteiger partial charge in [0.05, 0.1) is 18.3 Å². The quantitative estimate of drug-likeness (QED) is 0.133. The number of likely N-dealkylation sites (tertiary alicyclic amines) is 1. The summed E-state index contributed by atoms with van der Waals surface area (Å²) in [5, 5.41) is 18.1. The normalized spacial score (nSPS) is 18.4. The van der Waals surface area contributed by atoms with Crippen LogP contribution in [0.25, 0.3) is 11.1 Å². The molecule has 2 aliphatic heterocycles. The van der Waals surface area contributed by atoms with Crippen molar-refractivity contribution in [2.24, 2.45) is 11.1 Å². The average Bonchev–Trinajstić information content (AvgIpc) is 3.67. The predicted molar refractivity (Wildman–Crippen MR) is 216 cm³/mol. The van der Waals surface area contributed by atoms with Crippen LogP contribution >= 0.6 is 0 Å². The maximum atomic E-state index is 14.4. The van der Waals surface area contributed by atoms with Crippen molar-refractivity contribution < 1.29 is 18.7 Å². The molecule has 0 unspecified atom stereocenters. The minimum absolute atomic E-state index is 0.00255. The summed E-state index contributed by atoms with van der Waals surface area (Å²) in [5.74, 6) is -0.0114. The Morgan fingerprint density at radius 2 is 1.88 bits per heavy atom. The number of ether oxygens (including phenoxy) is 1. The van der Waals surface area contributed by atoms with Gasteiger partial charge in [-0.2, -0.15) is 10.4 Å². The molecule has 57 heavy (non-hydrogen) atoms. The Bertz CT molecular complexity index is 2130. The van der Waals surface area contributed by atoms with Crippen LogP contribution in [0.1, 0.15) is 98.3 Å². The summed E-state index contributed by atoms with van der Waals surface area (Å²) in [6.45, 7) is 9.34. The Hall–Kier alpha value is -5.59. The number of amides is 2. The zero-order chi connectivity index (χ0) is 40.9. The first kappa shape index (κ1) is 41.1. The van der Waals surface area contributed by atoms with Crippen molar-refractivity contribution in [3.8, 4) is 22.9 Å². The van der Waals surface area contributed by atoms with Gasteiger partial charge in [0.15, 0.2) is 17.3 Å². The Balaban J connectivity index is 1.05. The molecule has 0 saturated carbocycles. The number of nitrogen functional groups attached to an aromatic ring is 2. The zero-order valence-electron chi connectivity index (χ0n) is 33.3. The lowest BCUT2D eigenvalue weighted by Crippen LogP contribution is -2.50. The van der Waals surface area contributed by atoms with E-state index in [1.54, 1.807) is 37.3 Å². The van der Waals surface area contributed by atoms with Gasteiger partial charge >= 0.3 is 0 Å². The van der Waals surface area contributed by atoms with Gasteiger partial charge < -0.3 is 37.1 Å². The van der Waals surface area contributed by atoms with E-state index in [9.17, 15) is 19.2 Å². The van der Waals surface area contributed by atoms with Crippen molar-refractivity contribution in [1.82, 2.24) is 34.9 Å². The van der Waals surface area contributed by atoms with E-state index in [0.29, 0.717) is 46.7 Å². The number of unbranched alkanes of at least 4 members (excludes halogenated alkanes) is 3. The second-order valence-corrected chi connectivity index (χ2v) is 16.0. The molecule has 4 aromatic rings. The van der Waals surface area contributed by atoms with E-state index < -0.39 is 18.0 Å². The number of aromatic nitrogens is 4. The molecule has 15 heteroatoms. The molecule has 0 spiro atoms. The highest BCUT2D eigenvalue weighted by atomic mass is 19.1. The molecule has 2 aliphatic rings. The molecular weight excluding hydrogens is 726 g/mol. The summed E-state index contributed by atoms with van der Waals surface area (Å²) < 4.78 is 22.4. The summed E-state index contributed by atoms with van der Waals surface area (Å²) in [4.78, 5) is 39.3. The van der Waals surface area contributed by atoms with E-state index in [-0.39, 0.29) is 47.1 Å². The molecule has 2 amide bonds. The van der Waals surface area contributed by atoms with Crippen LogP contribution < -0.4 is 27.3 Å². The van der Waals surface area contributed by atoms with Crippen LogP contribution in [0.5, 0.6) is 5.75 Å². The average molecular weight is 780 g/mol. The van der Waals surface area contributed by atoms with Crippen molar-refractivity contribution in [3.05, 3.63) is 82.7 Å². The van der Waals surface area contributed by atoms with E-state index in [2.05, 4.69) is 40.1 Å². The van der Waals surface area contributed by atoms with E-state index in [1.807, 2.05) is 16.8 Å². The van der Waals surface area contributed by atoms with Crippen LogP contribution in [0, 0.1) is 22.6 Å². The molecule has 1 fully saturated rings. The molecule has 3 atom stereocenters. The molecule has 0 aliphatic carbocycles. The monoisotopic (exact) mass is 779 g/mol. The number of rotatable bonds is 13. The topological polar surface area (TPSA) is 207 Å². The summed E-state index contributed by atoms with van der Waals surface area (Å²) in [6.07, 6.45) is 8.28. The number of benzene rings is 1. The number of pyridine rings is 2. The van der Waals surface area contributed by atoms with Gasteiger partial charge in [-0.05, 0) is 86.9 Å². The van der Waals surface area contributed by atoms with E-state index in [4.69, 9.17) is 27.0 Å². The zero-order valence-corrected chi connectivity index (χ0v) is 33.3. The highest BCUT2D eigenvalue weighted by Gasteiger charge is 2.40. The summed E-state index contributed by atoms with van der Waals surface area (Å²) in [7, 11) is 1.68. The first-order valence-electron chi connectivity index (χ1n) is 19.7. The summed E-state index contributed by atoms with van der Waals surface area (Å²) in [5.41, 5.74) is 22.1. The lowest BCUT2D eigenvalue weighted by atomic mass is 9.87. The maximum Gasteiger partial charge on any atom is 0.254 e. The number of carbonyl (C=O) groups is 2. The highest BCUT2D eigenvalue weighted by Crippen LogP contribution is 2.36. The number of aryl methyl sites for hydroxylation is 2. The number of anilines is 2. The molecule has 7 N–H and O–H groups in total. The van der Waals surface area contributed by atoms with Crippen molar-refractivity contribution in [3.63, 3.8) is 0 Å². The number of fused-ring (bicyclic) bond motifs is 5.